The smallest absolute Gasteiger partial charge is 0.410 e. The lowest BCUT2D eigenvalue weighted by atomic mass is 10.0. The molecule has 2 aliphatic rings. The summed E-state index contributed by atoms with van der Waals surface area (Å²) < 4.78 is 13.0. The van der Waals surface area contributed by atoms with Crippen molar-refractivity contribution in [3.63, 3.8) is 0 Å². The van der Waals surface area contributed by atoms with Crippen molar-refractivity contribution in [3.8, 4) is 11.5 Å². The van der Waals surface area contributed by atoms with E-state index in [1.165, 1.54) is 0 Å². The summed E-state index contributed by atoms with van der Waals surface area (Å²) in [4.78, 5) is 14.2. The Morgan fingerprint density at radius 1 is 1.36 bits per heavy atom. The van der Waals surface area contributed by atoms with Crippen LogP contribution in [0, 0.1) is 0 Å². The predicted octanol–water partition coefficient (Wildman–Crippen LogP) is 2.94. The molecule has 4 heterocycles. The number of fused-ring (bicyclic) bond motifs is 5. The summed E-state index contributed by atoms with van der Waals surface area (Å²) in [5, 5.41) is 8.69. The van der Waals surface area contributed by atoms with Crippen LogP contribution in [0.25, 0.3) is 11.5 Å². The van der Waals surface area contributed by atoms with Gasteiger partial charge in [-0.1, -0.05) is 17.3 Å². The van der Waals surface area contributed by atoms with Gasteiger partial charge in [0.1, 0.15) is 11.3 Å². The second-order valence-corrected chi connectivity index (χ2v) is 7.69. The summed E-state index contributed by atoms with van der Waals surface area (Å²) in [5.41, 5.74) is 4.50. The van der Waals surface area contributed by atoms with Crippen LogP contribution >= 0.6 is 0 Å². The Bertz CT molecular complexity index is 856. The molecular formula is C18H22N4O3. The van der Waals surface area contributed by atoms with E-state index in [2.05, 4.69) is 11.7 Å². The number of rotatable bonds is 0. The lowest BCUT2D eigenvalue weighted by Crippen LogP contribution is -2.39. The van der Waals surface area contributed by atoms with E-state index in [1.807, 2.05) is 25.5 Å². The number of allylic oxidation sites excluding steroid dienone is 1. The Kier molecular flexibility index (Phi) is 3.49. The average molecular weight is 342 g/mol. The quantitative estimate of drug-likeness (QED) is 0.688. The van der Waals surface area contributed by atoms with Gasteiger partial charge >= 0.3 is 6.09 Å². The van der Waals surface area contributed by atoms with E-state index in [0.717, 1.165) is 40.3 Å². The number of nitrogens with zero attached hydrogens (tertiary/aromatic N) is 4. The highest BCUT2D eigenvalue weighted by Gasteiger charge is 2.33. The van der Waals surface area contributed by atoms with Crippen LogP contribution in [0.5, 0.6) is 0 Å². The molecule has 0 saturated carbocycles. The number of amides is 1. The maximum absolute atomic E-state index is 12.5. The summed E-state index contributed by atoms with van der Waals surface area (Å²) in [6.45, 7) is 11.5. The van der Waals surface area contributed by atoms with Gasteiger partial charge in [-0.25, -0.2) is 4.79 Å². The largest absolute Gasteiger partial charge is 0.444 e. The van der Waals surface area contributed by atoms with E-state index >= 15 is 0 Å². The third kappa shape index (κ3) is 2.83. The average Bonchev–Trinajstić information content (AvgIpc) is 3.05. The minimum Gasteiger partial charge on any atom is -0.444 e. The van der Waals surface area contributed by atoms with Crippen LogP contribution in [0.15, 0.2) is 22.9 Å². The molecule has 1 amide bonds. The molecule has 0 N–H and O–H groups in total. The molecule has 2 aromatic heterocycles. The highest BCUT2D eigenvalue weighted by Crippen LogP contribution is 2.36. The molecule has 4 rings (SSSR count). The van der Waals surface area contributed by atoms with Crippen LogP contribution in [0.4, 0.5) is 4.79 Å². The SMILES string of the molecule is C=C1Cc2cnoc2-c2c3c(nn2C1)CCN(C(=O)OC(C)(C)C)C3. The molecule has 0 radical (unpaired) electrons. The van der Waals surface area contributed by atoms with E-state index in [0.29, 0.717) is 26.1 Å². The fourth-order valence-electron chi connectivity index (χ4n) is 3.40. The van der Waals surface area contributed by atoms with E-state index in [9.17, 15) is 4.79 Å². The maximum atomic E-state index is 12.5. The molecular weight excluding hydrogens is 320 g/mol. The molecule has 0 saturated heterocycles. The van der Waals surface area contributed by atoms with Crippen LogP contribution < -0.4 is 0 Å². The van der Waals surface area contributed by atoms with E-state index < -0.39 is 5.60 Å². The van der Waals surface area contributed by atoms with Crippen molar-refractivity contribution in [3.05, 3.63) is 35.2 Å². The van der Waals surface area contributed by atoms with Crippen LogP contribution in [0.2, 0.25) is 0 Å². The van der Waals surface area contributed by atoms with Crippen molar-refractivity contribution in [2.75, 3.05) is 6.54 Å². The highest BCUT2D eigenvalue weighted by molar-refractivity contribution is 5.71. The molecule has 0 spiro atoms. The standard InChI is InChI=1S/C18H22N4O3/c1-11-7-12-8-19-25-16(12)15-13-10-21(17(23)24-18(2,3)4)6-5-14(13)20-22(15)9-11/h8H,1,5-7,9-10H2,2-4H3. The second kappa shape index (κ2) is 5.47. The third-order valence-corrected chi connectivity index (χ3v) is 4.43. The fraction of sp³-hybridized carbons (Fsp3) is 0.500. The van der Waals surface area contributed by atoms with Gasteiger partial charge in [0.25, 0.3) is 0 Å². The predicted molar refractivity (Wildman–Crippen MR) is 90.9 cm³/mol. The Hall–Kier alpha value is -2.57. The van der Waals surface area contributed by atoms with E-state index in [1.54, 1.807) is 11.1 Å². The van der Waals surface area contributed by atoms with Crippen LogP contribution in [-0.4, -0.2) is 38.1 Å². The Morgan fingerprint density at radius 2 is 2.16 bits per heavy atom. The third-order valence-electron chi connectivity index (χ3n) is 4.43. The minimum absolute atomic E-state index is 0.297. The Labute approximate surface area is 146 Å². The number of hydrogen-bond donors (Lipinski definition) is 0. The molecule has 132 valence electrons. The molecule has 0 aliphatic carbocycles. The topological polar surface area (TPSA) is 73.4 Å². The van der Waals surface area contributed by atoms with Crippen molar-refractivity contribution >= 4 is 6.09 Å². The summed E-state index contributed by atoms with van der Waals surface area (Å²) >= 11 is 0. The lowest BCUT2D eigenvalue weighted by Gasteiger charge is -2.29. The Morgan fingerprint density at radius 3 is 2.92 bits per heavy atom. The van der Waals surface area contributed by atoms with Crippen molar-refractivity contribution < 1.29 is 14.1 Å². The number of aromatic nitrogens is 3. The Balaban J connectivity index is 1.71. The maximum Gasteiger partial charge on any atom is 0.410 e. The van der Waals surface area contributed by atoms with Crippen LogP contribution in [-0.2, 0) is 30.7 Å². The zero-order valence-electron chi connectivity index (χ0n) is 14.8. The second-order valence-electron chi connectivity index (χ2n) is 7.69. The number of carbonyl (C=O) groups excluding carboxylic acids is 1. The van der Waals surface area contributed by atoms with Crippen LogP contribution in [0.3, 0.4) is 0 Å². The van der Waals surface area contributed by atoms with Gasteiger partial charge < -0.3 is 14.2 Å². The van der Waals surface area contributed by atoms with Gasteiger partial charge in [-0.05, 0) is 20.8 Å². The van der Waals surface area contributed by atoms with Gasteiger partial charge in [0, 0.05) is 30.5 Å². The van der Waals surface area contributed by atoms with Crippen LogP contribution in [0.1, 0.15) is 37.6 Å². The zero-order chi connectivity index (χ0) is 17.8. The van der Waals surface area contributed by atoms with Gasteiger partial charge in [-0.15, -0.1) is 0 Å². The monoisotopic (exact) mass is 342 g/mol. The fourth-order valence-corrected chi connectivity index (χ4v) is 3.40. The zero-order valence-corrected chi connectivity index (χ0v) is 14.8. The van der Waals surface area contributed by atoms with Crippen molar-refractivity contribution in [1.82, 2.24) is 19.8 Å². The first-order chi connectivity index (χ1) is 11.8. The first-order valence-corrected chi connectivity index (χ1v) is 8.49. The first-order valence-electron chi connectivity index (χ1n) is 8.49. The summed E-state index contributed by atoms with van der Waals surface area (Å²) in [5.74, 6) is 0.735. The lowest BCUT2D eigenvalue weighted by molar-refractivity contribution is 0.0224. The van der Waals surface area contributed by atoms with Gasteiger partial charge in [-0.2, -0.15) is 5.10 Å². The molecule has 0 aromatic carbocycles. The first kappa shape index (κ1) is 15.9. The molecule has 7 heteroatoms. The van der Waals surface area contributed by atoms with Gasteiger partial charge in [-0.3, -0.25) is 4.68 Å². The van der Waals surface area contributed by atoms with E-state index in [-0.39, 0.29) is 6.09 Å². The number of ether oxygens (including phenoxy) is 1. The normalized spacial score (nSPS) is 16.8. The van der Waals surface area contributed by atoms with Crippen molar-refractivity contribution in [2.24, 2.45) is 0 Å². The number of hydrogen-bond acceptors (Lipinski definition) is 5. The number of carbonyl (C=O) groups is 1. The molecule has 2 aliphatic heterocycles. The molecule has 0 unspecified atom stereocenters. The van der Waals surface area contributed by atoms with Crippen molar-refractivity contribution in [1.29, 1.82) is 0 Å². The summed E-state index contributed by atoms with van der Waals surface area (Å²) in [7, 11) is 0. The van der Waals surface area contributed by atoms with Crippen molar-refractivity contribution in [2.45, 2.75) is 52.3 Å². The molecule has 2 aromatic rings. The highest BCUT2D eigenvalue weighted by atomic mass is 16.6. The summed E-state index contributed by atoms with van der Waals surface area (Å²) in [6, 6.07) is 0. The van der Waals surface area contributed by atoms with Gasteiger partial charge in [0.2, 0.25) is 0 Å². The molecule has 0 atom stereocenters. The minimum atomic E-state index is -0.511. The van der Waals surface area contributed by atoms with Gasteiger partial charge in [0.15, 0.2) is 5.76 Å². The molecule has 0 bridgehead atoms. The molecule has 0 fully saturated rings. The molecule has 25 heavy (non-hydrogen) atoms. The molecule has 7 nitrogen and oxygen atoms in total. The van der Waals surface area contributed by atoms with Gasteiger partial charge in [0.05, 0.1) is 25.0 Å². The summed E-state index contributed by atoms with van der Waals surface area (Å²) in [6.07, 6.45) is 2.87. The van der Waals surface area contributed by atoms with E-state index in [4.69, 9.17) is 14.4 Å².